The van der Waals surface area contributed by atoms with Gasteiger partial charge in [0.2, 0.25) is 0 Å². The van der Waals surface area contributed by atoms with Crippen LogP contribution in [0.3, 0.4) is 0 Å². The van der Waals surface area contributed by atoms with Crippen LogP contribution in [-0.4, -0.2) is 37.2 Å². The molecule has 6 heteroatoms. The Hall–Kier alpha value is -3.15. The predicted octanol–water partition coefficient (Wildman–Crippen LogP) is 25.2. The second-order valence-electron chi connectivity index (χ2n) is 24.5. The Balaban J connectivity index is 4.20. The molecule has 0 aliphatic rings. The molecule has 0 radical (unpaired) electrons. The third kappa shape index (κ3) is 69.5. The molecule has 0 N–H and O–H groups in total. The van der Waals surface area contributed by atoms with Gasteiger partial charge in [-0.25, -0.2) is 0 Å². The molecule has 0 aliphatic heterocycles. The molecule has 1 atom stereocenters. The number of carbonyl (C=O) groups is 3. The van der Waals surface area contributed by atoms with Gasteiger partial charge in [0, 0.05) is 19.3 Å². The van der Waals surface area contributed by atoms with E-state index < -0.39 is 6.10 Å². The van der Waals surface area contributed by atoms with Crippen molar-refractivity contribution in [2.24, 2.45) is 0 Å². The molecule has 0 aromatic rings. The molecule has 0 saturated carbocycles. The van der Waals surface area contributed by atoms with E-state index in [-0.39, 0.29) is 31.1 Å². The molecule has 0 spiro atoms. The molecule has 1 unspecified atom stereocenters. The summed E-state index contributed by atoms with van der Waals surface area (Å²) in [5, 5.41) is 0. The standard InChI is InChI=1S/C77H138O6/c1-4-7-10-13-16-19-22-24-26-28-30-32-34-36-38-40-42-44-46-48-50-52-55-58-61-64-67-70-76(79)82-73-74(72-81-75(78)69-66-63-60-57-54-21-18-15-12-9-6-3)83-77(80)71-68-65-62-59-56-53-51-49-47-45-43-41-39-37-35-33-31-29-27-25-23-20-17-14-11-8-5-2/h7,10,16,19,24,26,30,32,36,38,42,44,74H,4-6,8-9,11-15,17-18,20-23,25,27-29,31,33-35,37,39-41,43,45-73H2,1-3H3/b10-7-,19-16-,26-24-,32-30-,38-36-,44-42-. The van der Waals surface area contributed by atoms with Crippen molar-refractivity contribution in [3.8, 4) is 0 Å². The monoisotopic (exact) mass is 1160 g/mol. The van der Waals surface area contributed by atoms with Crippen LogP contribution in [0.2, 0.25) is 0 Å². The zero-order chi connectivity index (χ0) is 59.9. The van der Waals surface area contributed by atoms with Crippen LogP contribution in [0.25, 0.3) is 0 Å². The predicted molar refractivity (Wildman–Crippen MR) is 362 cm³/mol. The highest BCUT2D eigenvalue weighted by Gasteiger charge is 2.19. The van der Waals surface area contributed by atoms with Gasteiger partial charge in [-0.2, -0.15) is 0 Å². The van der Waals surface area contributed by atoms with E-state index in [1.807, 2.05) is 0 Å². The number of hydrogen-bond acceptors (Lipinski definition) is 6. The van der Waals surface area contributed by atoms with Gasteiger partial charge in [0.15, 0.2) is 6.10 Å². The van der Waals surface area contributed by atoms with Crippen LogP contribution in [0.1, 0.15) is 380 Å². The average molecular weight is 1160 g/mol. The Kier molecular flexibility index (Phi) is 68.6. The van der Waals surface area contributed by atoms with E-state index in [1.165, 1.54) is 238 Å². The lowest BCUT2D eigenvalue weighted by Gasteiger charge is -2.18. The number of rotatable bonds is 67. The first-order valence-electron chi connectivity index (χ1n) is 36.4. The van der Waals surface area contributed by atoms with Gasteiger partial charge in [0.1, 0.15) is 13.2 Å². The fraction of sp³-hybridized carbons (Fsp3) is 0.805. The minimum Gasteiger partial charge on any atom is -0.462 e. The van der Waals surface area contributed by atoms with Gasteiger partial charge in [-0.1, -0.05) is 363 Å². The summed E-state index contributed by atoms with van der Waals surface area (Å²) in [6.07, 6.45) is 93.7. The van der Waals surface area contributed by atoms with Gasteiger partial charge in [0.25, 0.3) is 0 Å². The van der Waals surface area contributed by atoms with Crippen molar-refractivity contribution >= 4 is 17.9 Å². The summed E-state index contributed by atoms with van der Waals surface area (Å²) < 4.78 is 17.0. The van der Waals surface area contributed by atoms with Crippen molar-refractivity contribution in [1.29, 1.82) is 0 Å². The van der Waals surface area contributed by atoms with Crippen molar-refractivity contribution in [3.63, 3.8) is 0 Å². The van der Waals surface area contributed by atoms with Crippen LogP contribution in [-0.2, 0) is 28.6 Å². The topological polar surface area (TPSA) is 78.9 Å². The molecule has 0 rings (SSSR count). The van der Waals surface area contributed by atoms with Gasteiger partial charge in [0.05, 0.1) is 0 Å². The summed E-state index contributed by atoms with van der Waals surface area (Å²) in [6.45, 7) is 6.57. The van der Waals surface area contributed by atoms with E-state index in [0.29, 0.717) is 19.3 Å². The summed E-state index contributed by atoms with van der Waals surface area (Å²) in [7, 11) is 0. The number of allylic oxidation sites excluding steroid dienone is 12. The van der Waals surface area contributed by atoms with Crippen LogP contribution < -0.4 is 0 Å². The van der Waals surface area contributed by atoms with Crippen LogP contribution in [0.5, 0.6) is 0 Å². The zero-order valence-electron chi connectivity index (χ0n) is 55.5. The van der Waals surface area contributed by atoms with Crippen molar-refractivity contribution in [3.05, 3.63) is 72.9 Å². The second-order valence-corrected chi connectivity index (χ2v) is 24.5. The Morgan fingerprint density at radius 1 is 0.253 bits per heavy atom. The third-order valence-electron chi connectivity index (χ3n) is 16.2. The number of hydrogen-bond donors (Lipinski definition) is 0. The van der Waals surface area contributed by atoms with Crippen molar-refractivity contribution in [2.45, 2.75) is 386 Å². The third-order valence-corrected chi connectivity index (χ3v) is 16.2. The summed E-state index contributed by atoms with van der Waals surface area (Å²) in [4.78, 5) is 38.4. The van der Waals surface area contributed by atoms with Gasteiger partial charge >= 0.3 is 17.9 Å². The quantitative estimate of drug-likeness (QED) is 0.0261. The molecule has 0 bridgehead atoms. The second kappa shape index (κ2) is 71.3. The number of esters is 3. The molecule has 0 aliphatic carbocycles. The molecule has 83 heavy (non-hydrogen) atoms. The molecule has 482 valence electrons. The highest BCUT2D eigenvalue weighted by molar-refractivity contribution is 5.71. The lowest BCUT2D eigenvalue weighted by Crippen LogP contribution is -2.30. The van der Waals surface area contributed by atoms with Crippen molar-refractivity contribution < 1.29 is 28.6 Å². The minimum atomic E-state index is -0.777. The maximum atomic E-state index is 13.0. The number of ether oxygens (including phenoxy) is 3. The van der Waals surface area contributed by atoms with Crippen LogP contribution >= 0.6 is 0 Å². The molecule has 0 amide bonds. The van der Waals surface area contributed by atoms with Crippen molar-refractivity contribution in [2.75, 3.05) is 13.2 Å². The van der Waals surface area contributed by atoms with E-state index >= 15 is 0 Å². The summed E-state index contributed by atoms with van der Waals surface area (Å²) >= 11 is 0. The maximum Gasteiger partial charge on any atom is 0.306 e. The first-order valence-corrected chi connectivity index (χ1v) is 36.4. The first-order chi connectivity index (χ1) is 41.0. The van der Waals surface area contributed by atoms with E-state index in [2.05, 4.69) is 93.7 Å². The summed E-state index contributed by atoms with van der Waals surface area (Å²) in [5.74, 6) is -0.858. The Bertz CT molecular complexity index is 1520. The highest BCUT2D eigenvalue weighted by Crippen LogP contribution is 2.19. The van der Waals surface area contributed by atoms with Crippen LogP contribution in [0.4, 0.5) is 0 Å². The first kappa shape index (κ1) is 79.8. The van der Waals surface area contributed by atoms with Crippen molar-refractivity contribution in [1.82, 2.24) is 0 Å². The Morgan fingerprint density at radius 3 is 0.735 bits per heavy atom. The number of unbranched alkanes of at least 4 members (excludes halogenated alkanes) is 44. The molecule has 0 saturated heterocycles. The van der Waals surface area contributed by atoms with E-state index in [4.69, 9.17) is 14.2 Å². The smallest absolute Gasteiger partial charge is 0.306 e. The van der Waals surface area contributed by atoms with Gasteiger partial charge in [-0.15, -0.1) is 0 Å². The highest BCUT2D eigenvalue weighted by atomic mass is 16.6. The molecular weight excluding hydrogens is 1020 g/mol. The maximum absolute atomic E-state index is 13.0. The molecular formula is C77H138O6. The minimum absolute atomic E-state index is 0.0726. The van der Waals surface area contributed by atoms with E-state index in [0.717, 1.165) is 103 Å². The average Bonchev–Trinajstić information content (AvgIpc) is 3.48. The van der Waals surface area contributed by atoms with E-state index in [9.17, 15) is 14.4 Å². The van der Waals surface area contributed by atoms with Gasteiger partial charge in [-0.3, -0.25) is 14.4 Å². The van der Waals surface area contributed by atoms with Crippen LogP contribution in [0.15, 0.2) is 72.9 Å². The van der Waals surface area contributed by atoms with Crippen LogP contribution in [0, 0.1) is 0 Å². The lowest BCUT2D eigenvalue weighted by atomic mass is 10.0. The zero-order valence-corrected chi connectivity index (χ0v) is 55.5. The Labute approximate surface area is 516 Å². The summed E-state index contributed by atoms with van der Waals surface area (Å²) in [5.41, 5.74) is 0. The lowest BCUT2D eigenvalue weighted by molar-refractivity contribution is -0.167. The fourth-order valence-corrected chi connectivity index (χ4v) is 10.8. The molecule has 0 aromatic carbocycles. The Morgan fingerprint density at radius 2 is 0.470 bits per heavy atom. The fourth-order valence-electron chi connectivity index (χ4n) is 10.8. The number of carbonyl (C=O) groups excluding carboxylic acids is 3. The molecule has 0 aromatic heterocycles. The molecule has 0 heterocycles. The SMILES string of the molecule is CC/C=C\C/C=C\C/C=C\C/C=C\C/C=C\C/C=C\CCCCCCCCCCC(=O)OCC(COC(=O)CCCCCCCCCCCCC)OC(=O)CCCCCCCCCCCCCCCCCCCCCCCCCCCCC. The normalized spacial score (nSPS) is 12.5. The van der Waals surface area contributed by atoms with E-state index in [1.54, 1.807) is 0 Å². The largest absolute Gasteiger partial charge is 0.462 e. The van der Waals surface area contributed by atoms with Gasteiger partial charge < -0.3 is 14.2 Å². The summed E-state index contributed by atoms with van der Waals surface area (Å²) in [6, 6.07) is 0. The molecule has 0 fully saturated rings. The van der Waals surface area contributed by atoms with Gasteiger partial charge in [-0.05, 0) is 70.6 Å². The molecule has 6 nitrogen and oxygen atoms in total.